The molecule has 5 heteroatoms. The fourth-order valence-electron chi connectivity index (χ4n) is 11.4. The van der Waals surface area contributed by atoms with Gasteiger partial charge in [0.2, 0.25) is 0 Å². The second-order valence-electron chi connectivity index (χ2n) is 20.6. The lowest BCUT2D eigenvalue weighted by molar-refractivity contribution is 0.668. The van der Waals surface area contributed by atoms with Crippen molar-refractivity contribution >= 4 is 171 Å². The summed E-state index contributed by atoms with van der Waals surface area (Å²) >= 11 is 5.61. The number of hydrogen-bond donors (Lipinski definition) is 0. The molecule has 5 heterocycles. The second kappa shape index (κ2) is 34.7. The van der Waals surface area contributed by atoms with E-state index in [0.29, 0.717) is 0 Å². The highest BCUT2D eigenvalue weighted by molar-refractivity contribution is 7.26. The Bertz CT molecular complexity index is 4920. The van der Waals surface area contributed by atoms with Crippen LogP contribution in [0, 0.1) is 6.92 Å². The zero-order chi connectivity index (χ0) is 66.2. The van der Waals surface area contributed by atoms with Gasteiger partial charge in [0.15, 0.2) is 0 Å². The Hall–Kier alpha value is -9.88. The number of furan rings is 2. The summed E-state index contributed by atoms with van der Waals surface area (Å²) in [6.07, 6.45) is 0. The molecular weight excluding hydrogens is 1200 g/mol. The molecule has 0 spiro atoms. The van der Waals surface area contributed by atoms with Gasteiger partial charge in [-0.15, -0.1) is 34.0 Å². The number of benzene rings is 14. The van der Waals surface area contributed by atoms with Crippen molar-refractivity contribution in [3.05, 3.63) is 315 Å². The molecule has 0 fully saturated rings. The Kier molecular flexibility index (Phi) is 25.3. The van der Waals surface area contributed by atoms with E-state index in [1.54, 1.807) is 0 Å². The van der Waals surface area contributed by atoms with Gasteiger partial charge >= 0.3 is 0 Å². The van der Waals surface area contributed by atoms with E-state index < -0.39 is 0 Å². The molecule has 0 saturated heterocycles. The van der Waals surface area contributed by atoms with E-state index in [4.69, 9.17) is 8.83 Å². The minimum Gasteiger partial charge on any atom is -0.456 e. The Morgan fingerprint density at radius 2 is 0.447 bits per heavy atom. The van der Waals surface area contributed by atoms with Gasteiger partial charge in [-0.25, -0.2) is 0 Å². The monoisotopic (exact) mass is 1280 g/mol. The van der Waals surface area contributed by atoms with Crippen molar-refractivity contribution in [3.8, 4) is 0 Å². The third-order valence-corrected chi connectivity index (χ3v) is 18.7. The van der Waals surface area contributed by atoms with Gasteiger partial charge < -0.3 is 8.83 Å². The molecule has 0 radical (unpaired) electrons. The van der Waals surface area contributed by atoms with Crippen LogP contribution in [0.1, 0.15) is 74.8 Å². The van der Waals surface area contributed by atoms with Crippen LogP contribution < -0.4 is 0 Å². The van der Waals surface area contributed by atoms with Gasteiger partial charge in [-0.05, 0) is 99.9 Å². The number of fused-ring (bicyclic) bond motifs is 21. The van der Waals surface area contributed by atoms with Crippen molar-refractivity contribution in [2.24, 2.45) is 0 Å². The Labute approximate surface area is 566 Å². The van der Waals surface area contributed by atoms with E-state index in [1.165, 1.54) is 120 Å². The molecule has 0 aliphatic carbocycles. The fraction of sp³-hybridized carbons (Fsp3) is 0.124. The summed E-state index contributed by atoms with van der Waals surface area (Å²) in [4.78, 5) is 0. The van der Waals surface area contributed by atoms with E-state index in [1.807, 2.05) is 170 Å². The molecule has 0 unspecified atom stereocenters. The summed E-state index contributed by atoms with van der Waals surface area (Å²) in [7, 11) is 0. The molecule has 0 atom stereocenters. The molecule has 5 aromatic heterocycles. The molecule has 0 amide bonds. The summed E-state index contributed by atoms with van der Waals surface area (Å²) < 4.78 is 19.8. The van der Waals surface area contributed by atoms with E-state index in [9.17, 15) is 0 Å². The maximum Gasteiger partial charge on any atom is 0.136 e. The van der Waals surface area contributed by atoms with Crippen LogP contribution in [0.4, 0.5) is 0 Å². The summed E-state index contributed by atoms with van der Waals surface area (Å²) in [5.74, 6) is 0. The molecule has 0 aliphatic heterocycles. The molecular formula is C89H84O2S3. The molecule has 19 rings (SSSR count). The first kappa shape index (κ1) is 68.5. The van der Waals surface area contributed by atoms with Crippen molar-refractivity contribution in [2.75, 3.05) is 0 Å². The highest BCUT2D eigenvalue weighted by atomic mass is 32.1. The Morgan fingerprint density at radius 3 is 0.840 bits per heavy atom. The highest BCUT2D eigenvalue weighted by Gasteiger charge is 2.11. The number of thiophene rings is 3. The van der Waals surface area contributed by atoms with Crippen LogP contribution in [0.15, 0.2) is 318 Å². The molecule has 470 valence electrons. The van der Waals surface area contributed by atoms with Gasteiger partial charge in [0, 0.05) is 82.1 Å². The Balaban J connectivity index is 0.000000131. The maximum absolute atomic E-state index is 5.86. The lowest BCUT2D eigenvalue weighted by Gasteiger charge is -1.99. The third kappa shape index (κ3) is 15.4. The van der Waals surface area contributed by atoms with Crippen molar-refractivity contribution in [1.82, 2.24) is 0 Å². The van der Waals surface area contributed by atoms with Crippen LogP contribution in [-0.2, 0) is 0 Å². The van der Waals surface area contributed by atoms with Crippen LogP contribution in [-0.4, -0.2) is 0 Å². The van der Waals surface area contributed by atoms with Crippen molar-refractivity contribution in [1.29, 1.82) is 0 Å². The molecule has 0 aliphatic rings. The van der Waals surface area contributed by atoms with Crippen LogP contribution in [0.3, 0.4) is 0 Å². The van der Waals surface area contributed by atoms with Crippen LogP contribution >= 0.6 is 34.0 Å². The van der Waals surface area contributed by atoms with Crippen LogP contribution in [0.5, 0.6) is 0 Å². The second-order valence-corrected chi connectivity index (χ2v) is 23.9. The van der Waals surface area contributed by atoms with Gasteiger partial charge in [0.05, 0.1) is 0 Å². The van der Waals surface area contributed by atoms with Gasteiger partial charge in [-0.2, -0.15) is 0 Å². The van der Waals surface area contributed by atoms with E-state index >= 15 is 0 Å². The predicted molar refractivity (Wildman–Crippen MR) is 426 cm³/mol. The molecule has 2 nitrogen and oxygen atoms in total. The lowest BCUT2D eigenvalue weighted by Crippen LogP contribution is -1.73. The van der Waals surface area contributed by atoms with Gasteiger partial charge in [-0.3, -0.25) is 0 Å². The molecule has 94 heavy (non-hydrogen) atoms. The number of para-hydroxylation sites is 3. The first-order valence-electron chi connectivity index (χ1n) is 33.2. The van der Waals surface area contributed by atoms with Crippen LogP contribution in [0.2, 0.25) is 0 Å². The smallest absolute Gasteiger partial charge is 0.136 e. The van der Waals surface area contributed by atoms with Crippen molar-refractivity contribution in [2.45, 2.75) is 76.2 Å². The van der Waals surface area contributed by atoms with E-state index in [-0.39, 0.29) is 0 Å². The Morgan fingerprint density at radius 1 is 0.181 bits per heavy atom. The summed E-state index contributed by atoms with van der Waals surface area (Å²) in [5.41, 5.74) is 5.17. The fourth-order valence-corrected chi connectivity index (χ4v) is 14.7. The summed E-state index contributed by atoms with van der Waals surface area (Å²) in [6.45, 7) is 22.1. The average Bonchev–Trinajstić information content (AvgIpc) is 1.61. The zero-order valence-corrected chi connectivity index (χ0v) is 58.4. The summed E-state index contributed by atoms with van der Waals surface area (Å²) in [5, 5.41) is 21.0. The third-order valence-electron chi connectivity index (χ3n) is 15.3. The lowest BCUT2D eigenvalue weighted by atomic mass is 10.0. The average molecular weight is 1280 g/mol. The molecule has 14 aromatic carbocycles. The largest absolute Gasteiger partial charge is 0.456 e. The standard InChI is InChI=1S/C16H10O.2C16H10S.C12H8O.C12H8S.C7H8.5C2H6/c3*1-2-6-12-11(5-1)9-10-15-16(12)13-7-3-4-8-14(13)17-15;2*1-3-7-11-9(5-1)10-6-2-4-8-12(10)13-11;1-7-5-3-2-4-6-7;5*1-2/h3*1-10H;2*1-8H;2-6H,1H3;5*1-2H3. The van der Waals surface area contributed by atoms with Gasteiger partial charge in [-0.1, -0.05) is 324 Å². The highest BCUT2D eigenvalue weighted by Crippen LogP contribution is 2.40. The number of hydrogen-bond acceptors (Lipinski definition) is 5. The van der Waals surface area contributed by atoms with Crippen molar-refractivity contribution in [3.63, 3.8) is 0 Å². The maximum atomic E-state index is 5.86. The number of rotatable bonds is 0. The topological polar surface area (TPSA) is 26.3 Å². The SMILES string of the molecule is CC.CC.CC.CC.CC.Cc1ccccc1.c1ccc2c(c1)ccc1oc3ccccc3c12.c1ccc2c(c1)ccc1sc3ccccc3c12.c1ccc2c(c1)ccc1sc3ccccc3c12.c1ccc2c(c1)oc1ccccc12.c1ccc2c(c1)sc1ccccc12. The van der Waals surface area contributed by atoms with E-state index in [2.05, 4.69) is 250 Å². The molecule has 0 N–H and O–H groups in total. The molecule has 0 saturated carbocycles. The first-order valence-corrected chi connectivity index (χ1v) is 35.7. The van der Waals surface area contributed by atoms with Crippen molar-refractivity contribution < 1.29 is 8.83 Å². The number of aryl methyl sites for hydroxylation is 1. The normalized spacial score (nSPS) is 10.3. The van der Waals surface area contributed by atoms with Crippen LogP contribution in [0.25, 0.3) is 137 Å². The molecule has 19 aromatic rings. The van der Waals surface area contributed by atoms with Gasteiger partial charge in [0.1, 0.15) is 22.3 Å². The predicted octanol–water partition coefficient (Wildman–Crippen LogP) is 29.9. The first-order chi connectivity index (χ1) is 46.6. The zero-order valence-electron chi connectivity index (χ0n) is 56.0. The minimum atomic E-state index is 0.957. The summed E-state index contributed by atoms with van der Waals surface area (Å²) in [6, 6.07) is 108. The minimum absolute atomic E-state index is 0.957. The quantitative estimate of drug-likeness (QED) is 0.151. The molecule has 0 bridgehead atoms. The van der Waals surface area contributed by atoms with E-state index in [0.717, 1.165) is 22.3 Å². The van der Waals surface area contributed by atoms with Gasteiger partial charge in [0.25, 0.3) is 0 Å².